The van der Waals surface area contributed by atoms with Crippen molar-refractivity contribution < 1.29 is 14.3 Å². The first-order valence-corrected chi connectivity index (χ1v) is 8.67. The van der Waals surface area contributed by atoms with Crippen LogP contribution in [0, 0.1) is 13.8 Å². The van der Waals surface area contributed by atoms with Gasteiger partial charge in [0.1, 0.15) is 0 Å². The van der Waals surface area contributed by atoms with Gasteiger partial charge in [0, 0.05) is 31.3 Å². The first-order valence-electron chi connectivity index (χ1n) is 8.29. The molecule has 2 aromatic rings. The Labute approximate surface area is 152 Å². The lowest BCUT2D eigenvalue weighted by molar-refractivity contribution is -0.120. The number of hydrogen-bond acceptors (Lipinski definition) is 4. The van der Waals surface area contributed by atoms with E-state index in [0.717, 1.165) is 28.9 Å². The van der Waals surface area contributed by atoms with Crippen molar-refractivity contribution in [1.82, 2.24) is 15.1 Å². The van der Waals surface area contributed by atoms with E-state index < -0.39 is 0 Å². The summed E-state index contributed by atoms with van der Waals surface area (Å²) in [5.74, 6) is 1.16. The van der Waals surface area contributed by atoms with E-state index in [2.05, 4.69) is 10.4 Å². The molecule has 0 atom stereocenters. The average Bonchev–Trinajstić information content (AvgIpc) is 2.75. The molecular formula is C18H22ClN3O3. The number of carbonyl (C=O) groups excluding carboxylic acids is 1. The molecule has 1 N–H and O–H groups in total. The number of carbonyl (C=O) groups is 1. The number of benzene rings is 1. The number of nitrogens with one attached hydrogen (secondary N) is 1. The van der Waals surface area contributed by atoms with Gasteiger partial charge in [-0.05, 0) is 31.5 Å². The van der Waals surface area contributed by atoms with E-state index in [0.29, 0.717) is 42.7 Å². The fourth-order valence-electron chi connectivity index (χ4n) is 2.88. The number of ether oxygens (including phenoxy) is 2. The topological polar surface area (TPSA) is 65.4 Å². The summed E-state index contributed by atoms with van der Waals surface area (Å²) >= 11 is 6.28. The van der Waals surface area contributed by atoms with E-state index in [1.165, 1.54) is 0 Å². The number of rotatable bonds is 4. The second-order valence-electron chi connectivity index (χ2n) is 6.18. The van der Waals surface area contributed by atoms with Crippen LogP contribution >= 0.6 is 11.6 Å². The summed E-state index contributed by atoms with van der Waals surface area (Å²) in [6.45, 7) is 5.45. The van der Waals surface area contributed by atoms with Gasteiger partial charge < -0.3 is 14.8 Å². The van der Waals surface area contributed by atoms with E-state index >= 15 is 0 Å². The van der Waals surface area contributed by atoms with Crippen LogP contribution in [0.25, 0.3) is 0 Å². The van der Waals surface area contributed by atoms with E-state index in [1.807, 2.05) is 27.0 Å². The van der Waals surface area contributed by atoms with Crippen molar-refractivity contribution in [3.63, 3.8) is 0 Å². The van der Waals surface area contributed by atoms with E-state index in [-0.39, 0.29) is 5.91 Å². The van der Waals surface area contributed by atoms with Gasteiger partial charge >= 0.3 is 0 Å². The highest BCUT2D eigenvalue weighted by atomic mass is 35.5. The minimum absolute atomic E-state index is 0.0533. The van der Waals surface area contributed by atoms with Crippen molar-refractivity contribution >= 4 is 17.5 Å². The van der Waals surface area contributed by atoms with Crippen LogP contribution in [0.1, 0.15) is 28.9 Å². The molecule has 0 saturated heterocycles. The third kappa shape index (κ3) is 3.90. The summed E-state index contributed by atoms with van der Waals surface area (Å²) in [7, 11) is 1.88. The van der Waals surface area contributed by atoms with Gasteiger partial charge in [0.2, 0.25) is 5.91 Å². The van der Waals surface area contributed by atoms with E-state index in [1.54, 1.807) is 10.7 Å². The zero-order chi connectivity index (χ0) is 18.0. The smallest absolute Gasteiger partial charge is 0.224 e. The van der Waals surface area contributed by atoms with Crippen LogP contribution in [0.15, 0.2) is 12.1 Å². The third-order valence-corrected chi connectivity index (χ3v) is 4.63. The molecule has 1 amide bonds. The van der Waals surface area contributed by atoms with Crippen LogP contribution < -0.4 is 14.8 Å². The van der Waals surface area contributed by atoms with Gasteiger partial charge in [-0.15, -0.1) is 0 Å². The summed E-state index contributed by atoms with van der Waals surface area (Å²) < 4.78 is 13.1. The van der Waals surface area contributed by atoms with Crippen LogP contribution in [-0.4, -0.2) is 28.9 Å². The second kappa shape index (κ2) is 7.35. The van der Waals surface area contributed by atoms with Gasteiger partial charge in [-0.2, -0.15) is 5.10 Å². The van der Waals surface area contributed by atoms with Crippen LogP contribution in [0.4, 0.5) is 0 Å². The maximum Gasteiger partial charge on any atom is 0.224 e. The Morgan fingerprint density at radius 3 is 2.80 bits per heavy atom. The maximum absolute atomic E-state index is 12.3. The van der Waals surface area contributed by atoms with E-state index in [9.17, 15) is 4.79 Å². The summed E-state index contributed by atoms with van der Waals surface area (Å²) in [4.78, 5) is 12.3. The number of aryl methyl sites for hydroxylation is 2. The molecule has 25 heavy (non-hydrogen) atoms. The van der Waals surface area contributed by atoms with Crippen molar-refractivity contribution in [2.45, 2.75) is 33.2 Å². The number of fused-ring (bicyclic) bond motifs is 1. The Hall–Kier alpha value is -2.21. The second-order valence-corrected chi connectivity index (χ2v) is 6.59. The van der Waals surface area contributed by atoms with Crippen molar-refractivity contribution in [2.24, 2.45) is 7.05 Å². The Kier molecular flexibility index (Phi) is 5.18. The number of amides is 1. The zero-order valence-electron chi connectivity index (χ0n) is 14.7. The molecule has 0 spiro atoms. The summed E-state index contributed by atoms with van der Waals surface area (Å²) in [5, 5.41) is 7.77. The molecule has 0 bridgehead atoms. The molecule has 0 unspecified atom stereocenters. The number of aromatic nitrogens is 2. The summed E-state index contributed by atoms with van der Waals surface area (Å²) in [5.41, 5.74) is 3.74. The highest BCUT2D eigenvalue weighted by molar-refractivity contribution is 6.32. The molecule has 0 aliphatic carbocycles. The van der Waals surface area contributed by atoms with Crippen molar-refractivity contribution in [3.05, 3.63) is 39.7 Å². The Morgan fingerprint density at radius 1 is 1.32 bits per heavy atom. The third-order valence-electron chi connectivity index (χ3n) is 4.35. The van der Waals surface area contributed by atoms with Crippen LogP contribution in [0.3, 0.4) is 0 Å². The van der Waals surface area contributed by atoms with Gasteiger partial charge in [-0.1, -0.05) is 11.6 Å². The fraction of sp³-hybridized carbons (Fsp3) is 0.444. The fourth-order valence-corrected chi connectivity index (χ4v) is 3.17. The van der Waals surface area contributed by atoms with Crippen LogP contribution in [-0.2, 0) is 24.8 Å². The molecule has 1 aromatic heterocycles. The molecular weight excluding hydrogens is 342 g/mol. The lowest BCUT2D eigenvalue weighted by Gasteiger charge is -2.12. The molecule has 6 nitrogen and oxygen atoms in total. The summed E-state index contributed by atoms with van der Waals surface area (Å²) in [6, 6.07) is 3.67. The lowest BCUT2D eigenvalue weighted by Crippen LogP contribution is -2.25. The first kappa shape index (κ1) is 17.6. The molecule has 0 saturated carbocycles. The molecule has 134 valence electrons. The van der Waals surface area contributed by atoms with Crippen LogP contribution in [0.5, 0.6) is 11.5 Å². The van der Waals surface area contributed by atoms with Gasteiger partial charge in [0.05, 0.1) is 30.4 Å². The quantitative estimate of drug-likeness (QED) is 0.907. The van der Waals surface area contributed by atoms with Crippen molar-refractivity contribution in [3.8, 4) is 11.5 Å². The van der Waals surface area contributed by atoms with Crippen LogP contribution in [0.2, 0.25) is 5.02 Å². The number of hydrogen-bond donors (Lipinski definition) is 1. The molecule has 2 heterocycles. The molecule has 7 heteroatoms. The Balaban J connectivity index is 1.66. The van der Waals surface area contributed by atoms with Gasteiger partial charge in [-0.3, -0.25) is 9.48 Å². The Bertz CT molecular complexity index is 801. The minimum atomic E-state index is -0.0533. The molecule has 1 aromatic carbocycles. The Morgan fingerprint density at radius 2 is 2.08 bits per heavy atom. The maximum atomic E-state index is 12.3. The average molecular weight is 364 g/mol. The van der Waals surface area contributed by atoms with Gasteiger partial charge in [0.25, 0.3) is 0 Å². The highest BCUT2D eigenvalue weighted by Crippen LogP contribution is 2.37. The monoisotopic (exact) mass is 363 g/mol. The molecule has 1 aliphatic heterocycles. The van der Waals surface area contributed by atoms with Gasteiger partial charge in [-0.25, -0.2) is 0 Å². The van der Waals surface area contributed by atoms with E-state index in [4.69, 9.17) is 21.1 Å². The summed E-state index contributed by atoms with van der Waals surface area (Å²) in [6.07, 6.45) is 1.13. The standard InChI is InChI=1S/C18H22ClN3O3/c1-11-14(12(2)22(3)21-11)9-17(23)20-10-13-7-15(19)18-16(8-13)24-5-4-6-25-18/h7-8H,4-6,9-10H2,1-3H3,(H,20,23). The van der Waals surface area contributed by atoms with Crippen molar-refractivity contribution in [2.75, 3.05) is 13.2 Å². The molecule has 0 radical (unpaired) electrons. The number of halogens is 1. The largest absolute Gasteiger partial charge is 0.489 e. The SMILES string of the molecule is Cc1nn(C)c(C)c1CC(=O)NCc1cc(Cl)c2c(c1)OCCCO2. The number of nitrogens with zero attached hydrogens (tertiary/aromatic N) is 2. The van der Waals surface area contributed by atoms with Gasteiger partial charge in [0.15, 0.2) is 11.5 Å². The van der Waals surface area contributed by atoms with Crippen molar-refractivity contribution in [1.29, 1.82) is 0 Å². The first-order chi connectivity index (χ1) is 12.0. The highest BCUT2D eigenvalue weighted by Gasteiger charge is 2.17. The predicted molar refractivity (Wildman–Crippen MR) is 95.3 cm³/mol. The zero-order valence-corrected chi connectivity index (χ0v) is 15.4. The molecule has 1 aliphatic rings. The molecule has 3 rings (SSSR count). The molecule has 0 fully saturated rings. The lowest BCUT2D eigenvalue weighted by atomic mass is 10.1. The predicted octanol–water partition coefficient (Wildman–Crippen LogP) is 2.71. The minimum Gasteiger partial charge on any atom is -0.489 e. The normalized spacial score (nSPS) is 13.4.